The second kappa shape index (κ2) is 63.7. The van der Waals surface area contributed by atoms with Crippen LogP contribution >= 0.6 is 7.82 Å². The summed E-state index contributed by atoms with van der Waals surface area (Å²) in [6.07, 6.45) is 75.3. The largest absolute Gasteiger partial charge is 0.472 e. The molecule has 2 N–H and O–H groups in total. The van der Waals surface area contributed by atoms with Crippen molar-refractivity contribution in [3.63, 3.8) is 0 Å². The Balaban J connectivity index is 4.74. The number of ether oxygens (including phenoxy) is 3. The molecular formula is C70H123O11P. The van der Waals surface area contributed by atoms with Crippen LogP contribution in [0.5, 0.6) is 0 Å². The first kappa shape index (κ1) is 78.7. The van der Waals surface area contributed by atoms with Gasteiger partial charge in [-0.25, -0.2) is 4.57 Å². The van der Waals surface area contributed by atoms with Crippen LogP contribution in [0.3, 0.4) is 0 Å². The van der Waals surface area contributed by atoms with Crippen LogP contribution in [0.15, 0.2) is 85.1 Å². The van der Waals surface area contributed by atoms with Gasteiger partial charge in [-0.1, -0.05) is 254 Å². The maximum atomic E-state index is 13.0. The van der Waals surface area contributed by atoms with Crippen molar-refractivity contribution in [3.05, 3.63) is 85.1 Å². The normalized spacial score (nSPS) is 13.8. The molecule has 0 rings (SSSR count). The minimum absolute atomic E-state index is 0.156. The van der Waals surface area contributed by atoms with Crippen molar-refractivity contribution in [1.82, 2.24) is 0 Å². The Labute approximate surface area is 502 Å². The van der Waals surface area contributed by atoms with Gasteiger partial charge >= 0.3 is 25.7 Å². The molecule has 0 saturated carbocycles. The van der Waals surface area contributed by atoms with Gasteiger partial charge in [0.1, 0.15) is 12.7 Å². The Kier molecular flexibility index (Phi) is 61.1. The summed E-state index contributed by atoms with van der Waals surface area (Å²) in [6, 6.07) is 0. The second-order valence-electron chi connectivity index (χ2n) is 22.2. The van der Waals surface area contributed by atoms with E-state index < -0.39 is 57.8 Å². The SMILES string of the molecule is CC/C=C\C/C=C\C/C=C\C/C=C\C/C=C\CCCCCC(=O)OCC(COP(=O)(O)OCC(CO)OC(=O)CCCCCCCCC/C=C\CCCCCCCC)OC(=O)CCCCCCCCCCC/C=C\CCCCCCCC. The summed E-state index contributed by atoms with van der Waals surface area (Å²) < 4.78 is 39.7. The van der Waals surface area contributed by atoms with Crippen LogP contribution in [0.1, 0.15) is 303 Å². The predicted octanol–water partition coefficient (Wildman–Crippen LogP) is 20.6. The molecule has 0 amide bonds. The van der Waals surface area contributed by atoms with Gasteiger partial charge in [0.05, 0.1) is 19.8 Å². The highest BCUT2D eigenvalue weighted by molar-refractivity contribution is 7.47. The monoisotopic (exact) mass is 1170 g/mol. The number of allylic oxidation sites excluding steroid dienone is 14. The van der Waals surface area contributed by atoms with Crippen LogP contribution in [0.25, 0.3) is 0 Å². The van der Waals surface area contributed by atoms with E-state index in [9.17, 15) is 28.9 Å². The van der Waals surface area contributed by atoms with E-state index in [1.54, 1.807) is 0 Å². The summed E-state index contributed by atoms with van der Waals surface area (Å²) in [6.45, 7) is 4.53. The number of hydrogen-bond donors (Lipinski definition) is 2. The second-order valence-corrected chi connectivity index (χ2v) is 23.7. The number of phosphoric ester groups is 1. The molecule has 0 aromatic heterocycles. The van der Waals surface area contributed by atoms with Crippen LogP contribution in [0.2, 0.25) is 0 Å². The first-order valence-electron chi connectivity index (χ1n) is 33.5. The fourth-order valence-electron chi connectivity index (χ4n) is 9.20. The molecular weight excluding hydrogens is 1050 g/mol. The van der Waals surface area contributed by atoms with Gasteiger partial charge in [-0.15, -0.1) is 0 Å². The lowest BCUT2D eigenvalue weighted by Crippen LogP contribution is -2.30. The number of carbonyl (C=O) groups excluding carboxylic acids is 3. The molecule has 0 fully saturated rings. The van der Waals surface area contributed by atoms with E-state index in [1.165, 1.54) is 148 Å². The average Bonchev–Trinajstić information content (AvgIpc) is 3.47. The third-order valence-electron chi connectivity index (χ3n) is 14.3. The minimum atomic E-state index is -4.77. The average molecular weight is 1170 g/mol. The lowest BCUT2D eigenvalue weighted by Gasteiger charge is -2.21. The molecule has 0 radical (unpaired) electrons. The molecule has 82 heavy (non-hydrogen) atoms. The summed E-state index contributed by atoms with van der Waals surface area (Å²) in [5, 5.41) is 9.87. The Bertz CT molecular complexity index is 1700. The highest BCUT2D eigenvalue weighted by Crippen LogP contribution is 2.43. The van der Waals surface area contributed by atoms with Gasteiger partial charge < -0.3 is 24.2 Å². The highest BCUT2D eigenvalue weighted by atomic mass is 31.2. The summed E-state index contributed by atoms with van der Waals surface area (Å²) in [5.74, 6) is -1.50. The zero-order valence-corrected chi connectivity index (χ0v) is 53.6. The maximum absolute atomic E-state index is 13.0. The number of phosphoric acid groups is 1. The molecule has 3 unspecified atom stereocenters. The third kappa shape index (κ3) is 61.2. The van der Waals surface area contributed by atoms with Gasteiger partial charge in [0, 0.05) is 19.3 Å². The minimum Gasteiger partial charge on any atom is -0.462 e. The molecule has 3 atom stereocenters. The van der Waals surface area contributed by atoms with Crippen molar-refractivity contribution < 1.29 is 52.2 Å². The molecule has 12 heteroatoms. The number of aliphatic hydroxyl groups is 1. The molecule has 0 aliphatic carbocycles. The molecule has 0 spiro atoms. The number of aliphatic hydroxyl groups excluding tert-OH is 1. The smallest absolute Gasteiger partial charge is 0.462 e. The summed E-state index contributed by atoms with van der Waals surface area (Å²) in [4.78, 5) is 48.8. The van der Waals surface area contributed by atoms with E-state index in [-0.39, 0.29) is 25.9 Å². The number of unbranched alkanes of at least 4 members (excludes halogenated alkanes) is 31. The lowest BCUT2D eigenvalue weighted by molar-refractivity contribution is -0.161. The van der Waals surface area contributed by atoms with Gasteiger partial charge in [-0.05, 0) is 116 Å². The topological polar surface area (TPSA) is 155 Å². The van der Waals surface area contributed by atoms with Crippen LogP contribution in [-0.4, -0.2) is 66.5 Å². The molecule has 0 aromatic rings. The van der Waals surface area contributed by atoms with Crippen molar-refractivity contribution in [2.24, 2.45) is 0 Å². The van der Waals surface area contributed by atoms with Crippen molar-refractivity contribution in [2.75, 3.05) is 26.4 Å². The van der Waals surface area contributed by atoms with Crippen molar-refractivity contribution in [3.8, 4) is 0 Å². The van der Waals surface area contributed by atoms with E-state index >= 15 is 0 Å². The van der Waals surface area contributed by atoms with Crippen molar-refractivity contribution >= 4 is 25.7 Å². The van der Waals surface area contributed by atoms with Gasteiger partial charge in [-0.2, -0.15) is 0 Å². The van der Waals surface area contributed by atoms with E-state index in [4.69, 9.17) is 23.3 Å². The zero-order valence-electron chi connectivity index (χ0n) is 52.7. The summed E-state index contributed by atoms with van der Waals surface area (Å²) >= 11 is 0. The number of hydrogen-bond acceptors (Lipinski definition) is 10. The Morgan fingerprint density at radius 3 is 1.00 bits per heavy atom. The fraction of sp³-hybridized carbons (Fsp3) is 0.757. The van der Waals surface area contributed by atoms with E-state index in [1.807, 2.05) is 0 Å². The third-order valence-corrected chi connectivity index (χ3v) is 15.2. The maximum Gasteiger partial charge on any atom is 0.472 e. The molecule has 0 aromatic carbocycles. The van der Waals surface area contributed by atoms with Crippen LogP contribution < -0.4 is 0 Å². The Morgan fingerprint density at radius 1 is 0.354 bits per heavy atom. The van der Waals surface area contributed by atoms with Crippen molar-refractivity contribution in [2.45, 2.75) is 315 Å². The number of rotatable bonds is 62. The summed E-state index contributed by atoms with van der Waals surface area (Å²) in [7, 11) is -4.77. The molecule has 474 valence electrons. The van der Waals surface area contributed by atoms with E-state index in [2.05, 4.69) is 106 Å². The molecule has 0 heterocycles. The van der Waals surface area contributed by atoms with Crippen LogP contribution in [-0.2, 0) is 42.2 Å². The van der Waals surface area contributed by atoms with Crippen LogP contribution in [0.4, 0.5) is 0 Å². The molecule has 0 bridgehead atoms. The lowest BCUT2D eigenvalue weighted by atomic mass is 10.1. The highest BCUT2D eigenvalue weighted by Gasteiger charge is 2.28. The van der Waals surface area contributed by atoms with Gasteiger partial charge in [0.2, 0.25) is 0 Å². The Hall–Kier alpha value is -3.34. The zero-order chi connectivity index (χ0) is 59.8. The van der Waals surface area contributed by atoms with Gasteiger partial charge in [0.15, 0.2) is 6.10 Å². The standard InChI is InChI=1S/C70H123O11P/c1-4-7-10-13-16-19-22-25-28-31-33-36-38-41-44-47-50-53-56-59-68(72)77-63-67(81-70(74)61-58-55-52-49-46-43-40-37-34-32-29-26-23-20-17-14-11-8-5-2)65-79-82(75,76)78-64-66(62-71)80-69(73)60-57-54-51-48-45-42-39-35-30-27-24-21-18-15-12-9-6-3/h7,10,16,19,25-30,33,36,41,44,66-67,71H,4-6,8-9,11-15,17-18,20-24,31-32,34-35,37-40,42-43,45-65H2,1-3H3,(H,75,76)/b10-7-,19-16-,28-25-,29-26-,30-27-,36-33-,44-41-. The molecule has 0 aliphatic rings. The summed E-state index contributed by atoms with van der Waals surface area (Å²) in [5.41, 5.74) is 0. The van der Waals surface area contributed by atoms with Gasteiger partial charge in [0.25, 0.3) is 0 Å². The molecule has 11 nitrogen and oxygen atoms in total. The number of esters is 3. The van der Waals surface area contributed by atoms with Gasteiger partial charge in [-0.3, -0.25) is 23.4 Å². The van der Waals surface area contributed by atoms with Crippen LogP contribution in [0, 0.1) is 0 Å². The molecule has 0 aliphatic heterocycles. The number of carbonyl (C=O) groups is 3. The van der Waals surface area contributed by atoms with E-state index in [0.29, 0.717) is 19.3 Å². The first-order valence-corrected chi connectivity index (χ1v) is 35.0. The molecule has 0 saturated heterocycles. The fourth-order valence-corrected chi connectivity index (χ4v) is 9.98. The quantitative estimate of drug-likeness (QED) is 0.0197. The van der Waals surface area contributed by atoms with E-state index in [0.717, 1.165) is 96.3 Å². The predicted molar refractivity (Wildman–Crippen MR) is 344 cm³/mol. The Morgan fingerprint density at radius 2 is 0.634 bits per heavy atom. The van der Waals surface area contributed by atoms with Crippen molar-refractivity contribution in [1.29, 1.82) is 0 Å². The first-order chi connectivity index (χ1) is 40.2.